The van der Waals surface area contributed by atoms with E-state index in [-0.39, 0.29) is 11.7 Å². The maximum Gasteiger partial charge on any atom is 0.299 e. The third-order valence-electron chi connectivity index (χ3n) is 3.46. The second-order valence-electron chi connectivity index (χ2n) is 4.74. The van der Waals surface area contributed by atoms with E-state index in [2.05, 4.69) is 15.9 Å². The molecular formula is C15H18BrNO2. The number of ketones is 1. The van der Waals surface area contributed by atoms with Crippen molar-refractivity contribution in [1.29, 1.82) is 0 Å². The second-order valence-corrected chi connectivity index (χ2v) is 5.53. The molecule has 1 aliphatic heterocycles. The topological polar surface area (TPSA) is 37.4 Å². The van der Waals surface area contributed by atoms with Crippen LogP contribution in [0.1, 0.15) is 42.1 Å². The van der Waals surface area contributed by atoms with E-state index in [1.165, 1.54) is 0 Å². The Balaban J connectivity index is 2.15. The molecule has 0 aromatic heterocycles. The maximum atomic E-state index is 12.0. The molecule has 0 saturated carbocycles. The fourth-order valence-corrected chi connectivity index (χ4v) is 2.73. The zero-order valence-corrected chi connectivity index (χ0v) is 12.7. The Hall–Kier alpha value is -1.16. The van der Waals surface area contributed by atoms with Gasteiger partial charge < -0.3 is 4.90 Å². The summed E-state index contributed by atoms with van der Waals surface area (Å²) in [6, 6.07) is 5.76. The van der Waals surface area contributed by atoms with E-state index in [1.54, 1.807) is 4.90 Å². The van der Waals surface area contributed by atoms with Crippen molar-refractivity contribution < 1.29 is 9.59 Å². The van der Waals surface area contributed by atoms with E-state index in [1.807, 2.05) is 25.1 Å². The van der Waals surface area contributed by atoms with Crippen LogP contribution in [0.4, 0.5) is 5.69 Å². The summed E-state index contributed by atoms with van der Waals surface area (Å²) >= 11 is 3.39. The Morgan fingerprint density at radius 1 is 1.16 bits per heavy atom. The van der Waals surface area contributed by atoms with Gasteiger partial charge in [-0.15, -0.1) is 0 Å². The first kappa shape index (κ1) is 14.3. The second kappa shape index (κ2) is 6.33. The molecule has 3 nitrogen and oxygen atoms in total. The lowest BCUT2D eigenvalue weighted by Crippen LogP contribution is -2.30. The summed E-state index contributed by atoms with van der Waals surface area (Å²) in [6.45, 7) is 2.68. The summed E-state index contributed by atoms with van der Waals surface area (Å²) in [7, 11) is 0. The molecule has 0 radical (unpaired) electrons. The van der Waals surface area contributed by atoms with Crippen molar-refractivity contribution in [2.75, 3.05) is 16.8 Å². The van der Waals surface area contributed by atoms with Crippen LogP contribution in [0.2, 0.25) is 0 Å². The number of benzene rings is 1. The van der Waals surface area contributed by atoms with Gasteiger partial charge in [0, 0.05) is 11.9 Å². The normalized spacial score (nSPS) is 14.1. The number of amides is 1. The average molecular weight is 324 g/mol. The molecule has 1 heterocycles. The zero-order chi connectivity index (χ0) is 13.8. The molecule has 0 N–H and O–H groups in total. The number of hydrogen-bond donors (Lipinski definition) is 0. The Bertz CT molecular complexity index is 499. The summed E-state index contributed by atoms with van der Waals surface area (Å²) in [5, 5.41) is 0.982. The Morgan fingerprint density at radius 3 is 2.63 bits per heavy atom. The molecule has 1 aliphatic rings. The van der Waals surface area contributed by atoms with E-state index in [9.17, 15) is 9.59 Å². The number of carbonyl (C=O) groups excluding carboxylic acids is 2. The van der Waals surface area contributed by atoms with E-state index in [0.29, 0.717) is 12.1 Å². The molecule has 0 unspecified atom stereocenters. The van der Waals surface area contributed by atoms with Crippen LogP contribution < -0.4 is 4.90 Å². The van der Waals surface area contributed by atoms with Crippen molar-refractivity contribution in [3.05, 3.63) is 29.3 Å². The monoisotopic (exact) mass is 323 g/mol. The quantitative estimate of drug-likeness (QED) is 0.457. The molecule has 0 aliphatic carbocycles. The van der Waals surface area contributed by atoms with E-state index in [0.717, 1.165) is 42.3 Å². The SMILES string of the molecule is CCc1ccc2c(c1)C(=O)C(=O)N2CCCCCBr. The highest BCUT2D eigenvalue weighted by Crippen LogP contribution is 2.30. The largest absolute Gasteiger partial charge is 0.305 e. The van der Waals surface area contributed by atoms with Crippen LogP contribution in [-0.2, 0) is 11.2 Å². The smallest absolute Gasteiger partial charge is 0.299 e. The summed E-state index contributed by atoms with van der Waals surface area (Å²) in [5.74, 6) is -0.729. The van der Waals surface area contributed by atoms with Gasteiger partial charge in [-0.3, -0.25) is 9.59 Å². The minimum absolute atomic E-state index is 0.356. The van der Waals surface area contributed by atoms with Gasteiger partial charge in [-0.25, -0.2) is 0 Å². The lowest BCUT2D eigenvalue weighted by Gasteiger charge is -2.16. The Labute approximate surface area is 122 Å². The van der Waals surface area contributed by atoms with Gasteiger partial charge in [0.05, 0.1) is 11.3 Å². The molecule has 0 atom stereocenters. The molecule has 102 valence electrons. The van der Waals surface area contributed by atoms with E-state index >= 15 is 0 Å². The van der Waals surface area contributed by atoms with Crippen LogP contribution in [0.3, 0.4) is 0 Å². The number of aryl methyl sites for hydroxylation is 1. The first-order valence-corrected chi connectivity index (χ1v) is 7.86. The van der Waals surface area contributed by atoms with Gasteiger partial charge in [0.15, 0.2) is 0 Å². The van der Waals surface area contributed by atoms with Crippen LogP contribution in [0, 0.1) is 0 Å². The number of unbranched alkanes of at least 4 members (excludes halogenated alkanes) is 2. The molecule has 19 heavy (non-hydrogen) atoms. The highest BCUT2D eigenvalue weighted by Gasteiger charge is 2.35. The number of nitrogens with zero attached hydrogens (tertiary/aromatic N) is 1. The van der Waals surface area contributed by atoms with Crippen molar-refractivity contribution in [3.63, 3.8) is 0 Å². The van der Waals surface area contributed by atoms with Crippen molar-refractivity contribution >= 4 is 33.3 Å². The first-order valence-electron chi connectivity index (χ1n) is 6.74. The molecule has 1 aromatic carbocycles. The maximum absolute atomic E-state index is 12.0. The van der Waals surface area contributed by atoms with Crippen LogP contribution in [0.15, 0.2) is 18.2 Å². The summed E-state index contributed by atoms with van der Waals surface area (Å²) < 4.78 is 0. The molecule has 0 spiro atoms. The lowest BCUT2D eigenvalue weighted by molar-refractivity contribution is -0.114. The van der Waals surface area contributed by atoms with Gasteiger partial charge in [-0.05, 0) is 37.0 Å². The van der Waals surface area contributed by atoms with Gasteiger partial charge in [-0.1, -0.05) is 35.3 Å². The first-order chi connectivity index (χ1) is 9.19. The van der Waals surface area contributed by atoms with Gasteiger partial charge in [-0.2, -0.15) is 0 Å². The van der Waals surface area contributed by atoms with E-state index in [4.69, 9.17) is 0 Å². The Morgan fingerprint density at radius 2 is 1.95 bits per heavy atom. The molecule has 1 aromatic rings. The number of alkyl halides is 1. The molecular weight excluding hydrogens is 306 g/mol. The van der Waals surface area contributed by atoms with Crippen LogP contribution >= 0.6 is 15.9 Å². The molecule has 0 bridgehead atoms. The highest BCUT2D eigenvalue weighted by molar-refractivity contribution is 9.09. The number of hydrogen-bond acceptors (Lipinski definition) is 2. The number of anilines is 1. The molecule has 4 heteroatoms. The number of fused-ring (bicyclic) bond motifs is 1. The van der Waals surface area contributed by atoms with Gasteiger partial charge >= 0.3 is 0 Å². The third-order valence-corrected chi connectivity index (χ3v) is 4.02. The summed E-state index contributed by atoms with van der Waals surface area (Å²) in [5.41, 5.74) is 2.46. The Kier molecular flexibility index (Phi) is 4.75. The predicted octanol–water partition coefficient (Wildman–Crippen LogP) is 3.34. The zero-order valence-electron chi connectivity index (χ0n) is 11.1. The van der Waals surface area contributed by atoms with Crippen molar-refractivity contribution in [2.45, 2.75) is 32.6 Å². The third kappa shape index (κ3) is 2.89. The number of halogens is 1. The summed E-state index contributed by atoms with van der Waals surface area (Å²) in [4.78, 5) is 25.6. The number of rotatable bonds is 6. The number of carbonyl (C=O) groups is 2. The minimum Gasteiger partial charge on any atom is -0.305 e. The number of Topliss-reactive ketones (excluding diaryl/α,β-unsaturated/α-hetero) is 1. The highest BCUT2D eigenvalue weighted by atomic mass is 79.9. The van der Waals surface area contributed by atoms with Crippen molar-refractivity contribution in [2.24, 2.45) is 0 Å². The lowest BCUT2D eigenvalue weighted by atomic mass is 10.1. The molecule has 0 fully saturated rings. The predicted molar refractivity (Wildman–Crippen MR) is 80.1 cm³/mol. The van der Waals surface area contributed by atoms with Crippen LogP contribution in [0.5, 0.6) is 0 Å². The fraction of sp³-hybridized carbons (Fsp3) is 0.467. The summed E-state index contributed by atoms with van der Waals surface area (Å²) in [6.07, 6.45) is 3.96. The van der Waals surface area contributed by atoms with Crippen LogP contribution in [-0.4, -0.2) is 23.6 Å². The standard InChI is InChI=1S/C15H18BrNO2/c1-2-11-6-7-13-12(10-11)14(18)15(19)17(13)9-5-3-4-8-16/h6-7,10H,2-5,8-9H2,1H3. The van der Waals surface area contributed by atoms with Gasteiger partial charge in [0.1, 0.15) is 0 Å². The van der Waals surface area contributed by atoms with Gasteiger partial charge in [0.25, 0.3) is 11.7 Å². The average Bonchev–Trinajstić information content (AvgIpc) is 2.67. The van der Waals surface area contributed by atoms with Gasteiger partial charge in [0.2, 0.25) is 0 Å². The fourth-order valence-electron chi connectivity index (χ4n) is 2.33. The molecule has 0 saturated heterocycles. The van der Waals surface area contributed by atoms with Crippen LogP contribution in [0.25, 0.3) is 0 Å². The van der Waals surface area contributed by atoms with Crippen molar-refractivity contribution in [3.8, 4) is 0 Å². The minimum atomic E-state index is -0.373. The molecule has 1 amide bonds. The van der Waals surface area contributed by atoms with Crippen molar-refractivity contribution in [1.82, 2.24) is 0 Å². The van der Waals surface area contributed by atoms with E-state index < -0.39 is 0 Å². The molecule has 2 rings (SSSR count).